The highest BCUT2D eigenvalue weighted by molar-refractivity contribution is 7.00. The smallest absolute Gasteiger partial charge is 0.297 e. The van der Waals surface area contributed by atoms with Gasteiger partial charge in [-0.1, -0.05) is 302 Å². The van der Waals surface area contributed by atoms with Gasteiger partial charge in [-0.05, 0) is 333 Å². The average Bonchev–Trinajstić information content (AvgIpc) is 1.65. The van der Waals surface area contributed by atoms with Gasteiger partial charge >= 0.3 is 0 Å². The SMILES string of the molecule is Cc1ccc(-c2ccc(C(C)(C)C)cc2)c(N2c3cc(C)cc4c3B(c3cc5c(cc3N4c3ccc(C(C)(C)C)cc3)C(C)(C)CCC5(C)CCC(C)(C)c3ccc(-c4cc(C(C)(C)C)ccc4N4c5cc(C)cc6c5B(c5cc7c(cc5N6c5ccc(C(C)(C)C)cc5)C(C)(C)CCC7(C)C)c5oc6ccc(C(C)(C)C)cc6c54)cc3)c3oc4ccc(C(C)(C)C)cc4c32)c1. The number of furan rings is 2. The van der Waals surface area contributed by atoms with Crippen molar-refractivity contribution in [2.24, 2.45) is 0 Å². The van der Waals surface area contributed by atoms with Crippen molar-refractivity contribution in [3.63, 3.8) is 0 Å². The molecular formula is C123H138B2N4O2. The van der Waals surface area contributed by atoms with E-state index in [1.165, 1.54) is 162 Å². The van der Waals surface area contributed by atoms with Gasteiger partial charge in [0.15, 0.2) is 0 Å². The zero-order chi connectivity index (χ0) is 93.2. The number of aryl methyl sites for hydroxylation is 3. The van der Waals surface area contributed by atoms with Crippen LogP contribution in [0, 0.1) is 20.8 Å². The molecule has 2 aromatic heterocycles. The van der Waals surface area contributed by atoms with Gasteiger partial charge in [-0.3, -0.25) is 0 Å². The van der Waals surface area contributed by atoms with Crippen LogP contribution in [-0.4, -0.2) is 13.4 Å². The molecule has 0 fully saturated rings. The molecule has 0 radical (unpaired) electrons. The molecule has 0 saturated heterocycles. The first-order valence-corrected chi connectivity index (χ1v) is 49.0. The van der Waals surface area contributed by atoms with E-state index in [4.69, 9.17) is 8.83 Å². The molecule has 0 bridgehead atoms. The minimum absolute atomic E-state index is 0.00723. The third-order valence-corrected chi connectivity index (χ3v) is 32.0. The van der Waals surface area contributed by atoms with E-state index in [0.29, 0.717) is 0 Å². The van der Waals surface area contributed by atoms with Crippen molar-refractivity contribution in [3.8, 4) is 22.3 Å². The topological polar surface area (TPSA) is 39.2 Å². The Kier molecular flexibility index (Phi) is 19.8. The summed E-state index contributed by atoms with van der Waals surface area (Å²) in [6.45, 7) is 71.1. The van der Waals surface area contributed by atoms with E-state index >= 15 is 0 Å². The average molecular weight is 1730 g/mol. The summed E-state index contributed by atoms with van der Waals surface area (Å²) < 4.78 is 15.6. The molecule has 0 saturated carbocycles. The Morgan fingerprint density at radius 2 is 0.634 bits per heavy atom. The third kappa shape index (κ3) is 14.4. The molecule has 668 valence electrons. The Balaban J connectivity index is 0.725. The second-order valence-corrected chi connectivity index (χ2v) is 49.7. The van der Waals surface area contributed by atoms with Crippen molar-refractivity contribution in [2.45, 2.75) is 306 Å². The van der Waals surface area contributed by atoms with Crippen LogP contribution in [0.2, 0.25) is 0 Å². The van der Waals surface area contributed by atoms with Crippen molar-refractivity contribution in [1.82, 2.24) is 0 Å². The maximum absolute atomic E-state index is 7.81. The lowest BCUT2D eigenvalue weighted by Crippen LogP contribution is -2.61. The van der Waals surface area contributed by atoms with E-state index in [-0.39, 0.29) is 73.0 Å². The number of nitrogens with zero attached hydrogens (tertiary/aromatic N) is 4. The molecule has 8 heteroatoms. The van der Waals surface area contributed by atoms with Crippen molar-refractivity contribution in [2.75, 3.05) is 19.6 Å². The maximum atomic E-state index is 7.81. The van der Waals surface area contributed by atoms with Gasteiger partial charge in [0.2, 0.25) is 0 Å². The summed E-state index contributed by atoms with van der Waals surface area (Å²) >= 11 is 0. The summed E-state index contributed by atoms with van der Waals surface area (Å²) in [5.74, 6) is 0. The molecular weight excluding hydrogens is 1590 g/mol. The summed E-state index contributed by atoms with van der Waals surface area (Å²) in [6.07, 6.45) is 6.40. The van der Waals surface area contributed by atoms with Crippen molar-refractivity contribution in [1.29, 1.82) is 0 Å². The highest BCUT2D eigenvalue weighted by atomic mass is 16.3. The van der Waals surface area contributed by atoms with E-state index in [1.54, 1.807) is 0 Å². The molecule has 2 aliphatic carbocycles. The first-order valence-electron chi connectivity index (χ1n) is 49.0. The third-order valence-electron chi connectivity index (χ3n) is 32.0. The van der Waals surface area contributed by atoms with E-state index < -0.39 is 0 Å². The van der Waals surface area contributed by atoms with E-state index in [0.717, 1.165) is 100 Å². The van der Waals surface area contributed by atoms with E-state index in [9.17, 15) is 0 Å². The lowest BCUT2D eigenvalue weighted by atomic mass is 9.35. The Morgan fingerprint density at radius 1 is 0.290 bits per heavy atom. The first-order chi connectivity index (χ1) is 61.3. The fourth-order valence-electron chi connectivity index (χ4n) is 23.2. The highest BCUT2D eigenvalue weighted by Crippen LogP contribution is 2.58. The van der Waals surface area contributed by atoms with Crippen LogP contribution >= 0.6 is 0 Å². The number of benzene rings is 12. The fourth-order valence-corrected chi connectivity index (χ4v) is 23.2. The second-order valence-electron chi connectivity index (χ2n) is 49.7. The van der Waals surface area contributed by atoms with Gasteiger partial charge in [-0.15, -0.1) is 0 Å². The highest BCUT2D eigenvalue weighted by Gasteiger charge is 2.53. The van der Waals surface area contributed by atoms with Crippen molar-refractivity contribution < 1.29 is 8.83 Å². The quantitative estimate of drug-likeness (QED) is 0.127. The van der Waals surface area contributed by atoms with Gasteiger partial charge in [0, 0.05) is 67.4 Å². The van der Waals surface area contributed by atoms with Gasteiger partial charge < -0.3 is 28.4 Å². The fraction of sp³-hybridized carbons (Fsp3) is 0.382. The van der Waals surface area contributed by atoms with Gasteiger partial charge in [0.05, 0.1) is 34.1 Å². The first kappa shape index (κ1) is 88.0. The maximum Gasteiger partial charge on any atom is 0.297 e. The zero-order valence-electron chi connectivity index (χ0n) is 84.3. The van der Waals surface area contributed by atoms with Gasteiger partial charge in [-0.2, -0.15) is 0 Å². The summed E-state index contributed by atoms with van der Waals surface area (Å²) in [5.41, 5.74) is 45.6. The van der Waals surface area contributed by atoms with Crippen LogP contribution < -0.4 is 52.8 Å². The molecule has 0 amide bonds. The molecule has 6 aliphatic rings. The minimum atomic E-state index is -0.233. The molecule has 6 heterocycles. The van der Waals surface area contributed by atoms with E-state index in [1.807, 2.05) is 0 Å². The van der Waals surface area contributed by atoms with Crippen LogP contribution in [0.15, 0.2) is 227 Å². The Bertz CT molecular complexity index is 7020. The van der Waals surface area contributed by atoms with Crippen LogP contribution in [0.25, 0.3) is 44.2 Å². The summed E-state index contributed by atoms with van der Waals surface area (Å²) in [5, 5.41) is 2.28. The van der Waals surface area contributed by atoms with Crippen molar-refractivity contribution >= 4 is 137 Å². The zero-order valence-corrected chi connectivity index (χ0v) is 84.3. The predicted molar refractivity (Wildman–Crippen MR) is 565 cm³/mol. The molecule has 1 unspecified atom stereocenters. The van der Waals surface area contributed by atoms with Gasteiger partial charge in [0.25, 0.3) is 13.4 Å². The molecule has 20 rings (SSSR count). The molecule has 12 aromatic carbocycles. The summed E-state index contributed by atoms with van der Waals surface area (Å²) in [4.78, 5) is 10.6. The summed E-state index contributed by atoms with van der Waals surface area (Å²) in [7, 11) is 0. The van der Waals surface area contributed by atoms with Gasteiger partial charge in [0.1, 0.15) is 11.2 Å². The normalized spacial score (nSPS) is 17.3. The van der Waals surface area contributed by atoms with Gasteiger partial charge in [-0.25, -0.2) is 0 Å². The Hall–Kier alpha value is -11.0. The summed E-state index contributed by atoms with van der Waals surface area (Å²) in [6, 6.07) is 87.5. The Morgan fingerprint density at radius 3 is 1.07 bits per heavy atom. The monoisotopic (exact) mass is 1730 g/mol. The molecule has 0 N–H and O–H groups in total. The molecule has 14 aromatic rings. The second kappa shape index (κ2) is 29.5. The Labute approximate surface area is 784 Å². The number of rotatable bonds is 10. The molecule has 4 aliphatic heterocycles. The number of hydrogen-bond donors (Lipinski definition) is 0. The van der Waals surface area contributed by atoms with Crippen molar-refractivity contribution in [3.05, 3.63) is 296 Å². The lowest BCUT2D eigenvalue weighted by molar-refractivity contribution is 0.272. The van der Waals surface area contributed by atoms with Crippen LogP contribution in [0.4, 0.5) is 68.2 Å². The number of fused-ring (bicyclic) bond motifs is 14. The van der Waals surface area contributed by atoms with Crippen LogP contribution in [0.1, 0.15) is 303 Å². The predicted octanol–water partition coefficient (Wildman–Crippen LogP) is 30.8. The number of anilines is 12. The van der Waals surface area contributed by atoms with Crippen LogP contribution in [-0.2, 0) is 59.6 Å². The van der Waals surface area contributed by atoms with E-state index in [2.05, 4.69) is 446 Å². The standard InChI is InChI=1S/C123H138B2N4O2/c1-73-31-51-87(76-32-36-78(37-33-76)113(4,5)6)98(61-73)129-104-65-75(3)63-102-108(104)125(112-110(129)90-68-84(118(19,20)21)46-54-106(90)131-112)96-70-94-93(72-100(96)127(102)86-49-42-80(43-50-86)115(10,11)12)122(28,29)58-60-123(94,30)59-57-119(22,23)81-38-34-77(35-39-81)88-66-82(116(13,14)15)44-52-97(88)128-103-64-74(2)62-101-107(103)124(111-109(128)89-67-83(117(16,17)18)45-53-105(89)130-111)95-69-91-92(121(26,27)56-55-120(91,24)25)71-99(95)126(101)85-47-40-79(41-48-85)114(7,8)9/h31-54,61-72H,55-60H2,1-30H3. The largest absolute Gasteiger partial charge is 0.468 e. The molecule has 131 heavy (non-hydrogen) atoms. The lowest BCUT2D eigenvalue weighted by Gasteiger charge is -2.48. The minimum Gasteiger partial charge on any atom is -0.468 e. The van der Waals surface area contributed by atoms with Crippen LogP contribution in [0.3, 0.4) is 0 Å². The molecule has 1 atom stereocenters. The van der Waals surface area contributed by atoms with Crippen LogP contribution in [0.5, 0.6) is 0 Å². The number of hydrogen-bond acceptors (Lipinski definition) is 6. The molecule has 6 nitrogen and oxygen atoms in total. The molecule has 0 spiro atoms.